The minimum absolute atomic E-state index is 0.0675. The predicted molar refractivity (Wildman–Crippen MR) is 75.3 cm³/mol. The monoisotopic (exact) mass is 333 g/mol. The zero-order valence-electron chi connectivity index (χ0n) is 12.4. The highest BCUT2D eigenvalue weighted by molar-refractivity contribution is 5.39. The number of imidazole rings is 1. The van der Waals surface area contributed by atoms with Gasteiger partial charge in [-0.15, -0.1) is 5.10 Å². The summed E-state index contributed by atoms with van der Waals surface area (Å²) in [5.41, 5.74) is 3.50. The van der Waals surface area contributed by atoms with Crippen molar-refractivity contribution >= 4 is 11.6 Å². The number of nitrogens with two attached hydrogens (primary N) is 1. The third kappa shape index (κ3) is 2.66. The Hall–Kier alpha value is -2.11. The quantitative estimate of drug-likeness (QED) is 0.559. The van der Waals surface area contributed by atoms with Crippen LogP contribution in [0.5, 0.6) is 0 Å². The van der Waals surface area contributed by atoms with E-state index in [9.17, 15) is 23.8 Å². The number of fused-ring (bicyclic) bond motifs is 1. The maximum atomic E-state index is 14.3. The molecule has 11 heteroatoms. The molecular formula is C12H17F2N5O4. The number of nitrogen functional groups attached to an aromatic ring is 1. The number of hydrogen-bond acceptors (Lipinski definition) is 7. The third-order valence-corrected chi connectivity index (χ3v) is 3.63. The third-order valence-electron chi connectivity index (χ3n) is 3.63. The molecule has 0 radical (unpaired) electrons. The Balaban J connectivity index is 0.000000924. The van der Waals surface area contributed by atoms with E-state index in [1.807, 2.05) is 0 Å². The van der Waals surface area contributed by atoms with Crippen LogP contribution in [0.25, 0.3) is 5.65 Å². The largest absolute Gasteiger partial charge is 0.393 e. The first-order valence-electron chi connectivity index (χ1n) is 6.59. The normalized spacial score (nSPS) is 30.3. The average molecular weight is 333 g/mol. The van der Waals surface area contributed by atoms with E-state index in [1.54, 1.807) is 0 Å². The lowest BCUT2D eigenvalue weighted by atomic mass is 9.98. The summed E-state index contributed by atoms with van der Waals surface area (Å²) in [4.78, 5) is 17.8. The number of anilines is 1. The van der Waals surface area contributed by atoms with E-state index in [0.717, 1.165) is 4.52 Å². The van der Waals surface area contributed by atoms with Gasteiger partial charge in [0.1, 0.15) is 17.8 Å². The fraction of sp³-hybridized carbons (Fsp3) is 0.583. The predicted octanol–water partition coefficient (Wildman–Crippen LogP) is -0.893. The molecule has 128 valence electrons. The highest BCUT2D eigenvalue weighted by Crippen LogP contribution is 2.41. The van der Waals surface area contributed by atoms with Crippen LogP contribution >= 0.6 is 0 Å². The topological polar surface area (TPSA) is 139 Å². The molecule has 0 aliphatic carbocycles. The number of hydrogen-bond donors (Lipinski definition) is 4. The highest BCUT2D eigenvalue weighted by Gasteiger charge is 2.53. The molecule has 9 nitrogen and oxygen atoms in total. The molecule has 1 aliphatic heterocycles. The van der Waals surface area contributed by atoms with Gasteiger partial charge in [0.25, 0.3) is 5.56 Å². The Kier molecular flexibility index (Phi) is 4.63. The summed E-state index contributed by atoms with van der Waals surface area (Å²) in [6.45, 7) is 0.833. The lowest BCUT2D eigenvalue weighted by Crippen LogP contribution is -2.42. The zero-order valence-corrected chi connectivity index (χ0v) is 12.4. The molecule has 5 N–H and O–H groups in total. The Bertz CT molecular complexity index is 751. The second-order valence-corrected chi connectivity index (χ2v) is 5.16. The van der Waals surface area contributed by atoms with Crippen molar-refractivity contribution in [2.24, 2.45) is 0 Å². The van der Waals surface area contributed by atoms with Crippen molar-refractivity contribution in [2.75, 3.05) is 19.5 Å². The van der Waals surface area contributed by atoms with Gasteiger partial charge in [-0.3, -0.25) is 14.2 Å². The molecule has 0 saturated carbocycles. The van der Waals surface area contributed by atoms with Crippen LogP contribution in [0.15, 0.2) is 11.0 Å². The molecule has 3 rings (SSSR count). The molecule has 23 heavy (non-hydrogen) atoms. The molecule has 1 fully saturated rings. The van der Waals surface area contributed by atoms with Crippen molar-refractivity contribution in [1.82, 2.24) is 19.6 Å². The van der Waals surface area contributed by atoms with E-state index in [2.05, 4.69) is 15.1 Å². The maximum Gasteiger partial charge on any atom is 0.295 e. The summed E-state index contributed by atoms with van der Waals surface area (Å²) in [7, 11) is 0.500. The summed E-state index contributed by atoms with van der Waals surface area (Å²) in [5, 5.41) is 23.0. The summed E-state index contributed by atoms with van der Waals surface area (Å²) in [6, 6.07) is 0. The van der Waals surface area contributed by atoms with Crippen LogP contribution in [-0.4, -0.2) is 61.5 Å². The van der Waals surface area contributed by atoms with Gasteiger partial charge in [-0.1, -0.05) is 0 Å². The summed E-state index contributed by atoms with van der Waals surface area (Å²) >= 11 is 0. The Morgan fingerprint density at radius 3 is 2.78 bits per heavy atom. The number of aromatic amines is 1. The van der Waals surface area contributed by atoms with E-state index in [1.165, 1.54) is 13.1 Å². The van der Waals surface area contributed by atoms with Crippen LogP contribution in [0.1, 0.15) is 18.7 Å². The van der Waals surface area contributed by atoms with Crippen LogP contribution in [0.2, 0.25) is 0 Å². The van der Waals surface area contributed by atoms with Gasteiger partial charge in [-0.2, -0.15) is 0 Å². The van der Waals surface area contributed by atoms with Crippen molar-refractivity contribution in [3.63, 3.8) is 0 Å². The number of aliphatic hydroxyl groups is 2. The number of H-pyrrole nitrogens is 1. The molecular weight excluding hydrogens is 316 g/mol. The van der Waals surface area contributed by atoms with Gasteiger partial charge in [0.05, 0.1) is 25.7 Å². The fourth-order valence-electron chi connectivity index (χ4n) is 2.40. The summed E-state index contributed by atoms with van der Waals surface area (Å²) in [5.74, 6) is -0.161. The van der Waals surface area contributed by atoms with E-state index >= 15 is 0 Å². The zero-order chi connectivity index (χ0) is 17.4. The van der Waals surface area contributed by atoms with Gasteiger partial charge in [-0.25, -0.2) is 13.9 Å². The highest BCUT2D eigenvalue weighted by atomic mass is 19.1. The Labute approximate surface area is 128 Å². The van der Waals surface area contributed by atoms with Crippen molar-refractivity contribution in [2.45, 2.75) is 30.9 Å². The van der Waals surface area contributed by atoms with Gasteiger partial charge in [0.15, 0.2) is 6.17 Å². The number of aromatic nitrogens is 4. The number of ether oxygens (including phenoxy) is 1. The van der Waals surface area contributed by atoms with Gasteiger partial charge < -0.3 is 20.7 Å². The summed E-state index contributed by atoms with van der Waals surface area (Å²) < 4.78 is 30.3. The SMILES string of the molecule is CF.C[C@]1(CO)O[C@@H](c2cnc3c(=O)[nH]c(N)nn23)[C@H](F)[C@@H]1O. The molecule has 3 heterocycles. The molecule has 0 unspecified atom stereocenters. The average Bonchev–Trinajstić information content (AvgIpc) is 3.05. The van der Waals surface area contributed by atoms with Gasteiger partial charge >= 0.3 is 0 Å². The van der Waals surface area contributed by atoms with E-state index in [4.69, 9.17) is 10.5 Å². The number of halogens is 2. The maximum absolute atomic E-state index is 14.3. The van der Waals surface area contributed by atoms with E-state index < -0.39 is 36.1 Å². The molecule has 0 aromatic carbocycles. The van der Waals surface area contributed by atoms with Crippen LogP contribution < -0.4 is 11.3 Å². The number of alkyl halides is 2. The van der Waals surface area contributed by atoms with Gasteiger partial charge in [0, 0.05) is 0 Å². The van der Waals surface area contributed by atoms with Crippen molar-refractivity contribution < 1.29 is 23.7 Å². The molecule has 2 aromatic rings. The number of nitrogens with zero attached hydrogens (tertiary/aromatic N) is 3. The first kappa shape index (κ1) is 17.2. The summed E-state index contributed by atoms with van der Waals surface area (Å²) in [6.07, 6.45) is -3.31. The van der Waals surface area contributed by atoms with Crippen LogP contribution in [-0.2, 0) is 4.74 Å². The van der Waals surface area contributed by atoms with Crippen LogP contribution in [0.3, 0.4) is 0 Å². The number of aliphatic hydroxyl groups excluding tert-OH is 2. The van der Waals surface area contributed by atoms with Crippen molar-refractivity contribution in [3.05, 3.63) is 22.2 Å². The molecule has 0 amide bonds. The molecule has 0 spiro atoms. The first-order chi connectivity index (χ1) is 10.9. The minimum atomic E-state index is -1.80. The Morgan fingerprint density at radius 2 is 2.22 bits per heavy atom. The fourth-order valence-corrected chi connectivity index (χ4v) is 2.40. The lowest BCUT2D eigenvalue weighted by molar-refractivity contribution is -0.100. The standard InChI is InChI=1S/C11H14FN5O4.CH3F/c1-11(3-18)7(19)5(12)6(21-11)4-2-14-8-9(20)15-10(13)16-17(4)8;1-2/h2,5-7,18-19H,3H2,1H3,(H3,13,15,16,20);1H3/t5-,6-,7-,11+;/m0./s1. The van der Waals surface area contributed by atoms with Crippen molar-refractivity contribution in [3.8, 4) is 0 Å². The van der Waals surface area contributed by atoms with Crippen LogP contribution in [0.4, 0.5) is 14.7 Å². The smallest absolute Gasteiger partial charge is 0.295 e. The van der Waals surface area contributed by atoms with Gasteiger partial charge in [0.2, 0.25) is 11.6 Å². The number of rotatable bonds is 2. The molecule has 1 aliphatic rings. The van der Waals surface area contributed by atoms with Crippen molar-refractivity contribution in [1.29, 1.82) is 0 Å². The van der Waals surface area contributed by atoms with Gasteiger partial charge in [-0.05, 0) is 6.92 Å². The van der Waals surface area contributed by atoms with Crippen LogP contribution in [0, 0.1) is 0 Å². The Morgan fingerprint density at radius 1 is 1.57 bits per heavy atom. The minimum Gasteiger partial charge on any atom is -0.393 e. The number of nitrogens with one attached hydrogen (secondary N) is 1. The first-order valence-corrected chi connectivity index (χ1v) is 6.59. The van der Waals surface area contributed by atoms with E-state index in [-0.39, 0.29) is 17.3 Å². The second-order valence-electron chi connectivity index (χ2n) is 5.16. The molecule has 0 bridgehead atoms. The molecule has 4 atom stereocenters. The van der Waals surface area contributed by atoms with E-state index in [0.29, 0.717) is 7.18 Å². The molecule has 2 aromatic heterocycles. The molecule has 1 saturated heterocycles. The lowest BCUT2D eigenvalue weighted by Gasteiger charge is -2.24. The second kappa shape index (κ2) is 6.18.